The summed E-state index contributed by atoms with van der Waals surface area (Å²) in [5.41, 5.74) is 0. The summed E-state index contributed by atoms with van der Waals surface area (Å²) in [4.78, 5) is 23.3. The van der Waals surface area contributed by atoms with Crippen LogP contribution in [0.2, 0.25) is 0 Å². The molecular weight excluding hydrogens is 840 g/mol. The minimum atomic E-state index is -4.32. The van der Waals surface area contributed by atoms with E-state index in [1.807, 2.05) is 21.1 Å². The molecule has 0 saturated carbocycles. The molecule has 8 nitrogen and oxygen atoms in total. The maximum atomic E-state index is 13.0. The average molecular weight is 959 g/mol. The number of hydrogen-bond donors (Lipinski definition) is 3. The zero-order valence-corrected chi connectivity index (χ0v) is 46.1. The highest BCUT2D eigenvalue weighted by molar-refractivity contribution is 7.47. The van der Waals surface area contributed by atoms with E-state index >= 15 is 0 Å². The molecule has 0 radical (unpaired) electrons. The molecule has 0 aromatic rings. The second-order valence-corrected chi connectivity index (χ2v) is 23.2. The summed E-state index contributed by atoms with van der Waals surface area (Å²) < 4.78 is 23.8. The van der Waals surface area contributed by atoms with Crippen molar-refractivity contribution >= 4 is 13.7 Å². The summed E-state index contributed by atoms with van der Waals surface area (Å²) >= 11 is 0. The predicted molar refractivity (Wildman–Crippen MR) is 286 cm³/mol. The predicted octanol–water partition coefficient (Wildman–Crippen LogP) is 17.7. The smallest absolute Gasteiger partial charge is 0.391 e. The monoisotopic (exact) mass is 958 g/mol. The summed E-state index contributed by atoms with van der Waals surface area (Å²) in [6.07, 6.45) is 58.8. The van der Waals surface area contributed by atoms with Gasteiger partial charge >= 0.3 is 7.82 Å². The Hall–Kier alpha value is -0.500. The van der Waals surface area contributed by atoms with Gasteiger partial charge in [0.2, 0.25) is 5.91 Å². The number of aliphatic hydroxyl groups excluding tert-OH is 1. The van der Waals surface area contributed by atoms with Crippen LogP contribution in [0.5, 0.6) is 0 Å². The van der Waals surface area contributed by atoms with Crippen LogP contribution in [0.4, 0.5) is 0 Å². The Balaban J connectivity index is 4.06. The van der Waals surface area contributed by atoms with Crippen molar-refractivity contribution in [3.8, 4) is 0 Å². The topological polar surface area (TPSA) is 105 Å². The number of carbonyl (C=O) groups excluding carboxylic acids is 1. The maximum absolute atomic E-state index is 13.0. The van der Waals surface area contributed by atoms with E-state index in [0.717, 1.165) is 38.5 Å². The lowest BCUT2D eigenvalue weighted by Crippen LogP contribution is -2.46. The van der Waals surface area contributed by atoms with Crippen LogP contribution in [0.15, 0.2) is 0 Å². The first-order chi connectivity index (χ1) is 32.0. The van der Waals surface area contributed by atoms with Gasteiger partial charge in [-0.2, -0.15) is 0 Å². The van der Waals surface area contributed by atoms with Crippen LogP contribution < -0.4 is 5.32 Å². The van der Waals surface area contributed by atoms with Gasteiger partial charge in [-0.3, -0.25) is 13.8 Å². The highest BCUT2D eigenvalue weighted by atomic mass is 31.2. The Morgan fingerprint density at radius 3 is 1.02 bits per heavy atom. The molecule has 0 aromatic carbocycles. The van der Waals surface area contributed by atoms with Crippen LogP contribution in [0.25, 0.3) is 0 Å². The fraction of sp³-hybridized carbons (Fsp3) is 0.982. The first-order valence-corrected chi connectivity index (χ1v) is 30.9. The summed E-state index contributed by atoms with van der Waals surface area (Å²) in [5, 5.41) is 14.1. The molecule has 0 spiro atoms. The molecule has 3 unspecified atom stereocenters. The molecule has 396 valence electrons. The molecule has 0 saturated heterocycles. The van der Waals surface area contributed by atoms with E-state index in [9.17, 15) is 19.4 Å². The molecule has 0 rings (SSSR count). The second-order valence-electron chi connectivity index (χ2n) is 21.7. The first-order valence-electron chi connectivity index (χ1n) is 29.4. The number of phosphoric ester groups is 1. The minimum absolute atomic E-state index is 0.0791. The summed E-state index contributed by atoms with van der Waals surface area (Å²) in [6.45, 7) is 4.95. The van der Waals surface area contributed by atoms with Gasteiger partial charge in [0.05, 0.1) is 39.9 Å². The number of aliphatic hydroxyl groups is 1. The highest BCUT2D eigenvalue weighted by Crippen LogP contribution is 2.43. The first kappa shape index (κ1) is 65.5. The number of nitrogens with one attached hydrogen (secondary N) is 1. The standard InChI is InChI=1S/C57H117N2O6P/c1-6-8-10-12-14-16-18-20-22-24-25-26-27-28-29-30-31-32-33-35-37-39-41-43-45-47-49-51-57(61)58-55(54-65-66(62,63)64-53-52-59(3,4)5)56(60)50-48-46-44-42-40-38-36-34-23-21-19-17-15-13-11-9-7-2/h55-56,60H,6-54H2,1-5H3,(H-,58,61,62,63)/p+1. The van der Waals surface area contributed by atoms with E-state index in [2.05, 4.69) is 19.2 Å². The van der Waals surface area contributed by atoms with Crippen molar-refractivity contribution < 1.29 is 32.9 Å². The van der Waals surface area contributed by atoms with Crippen LogP contribution in [0, 0.1) is 0 Å². The number of likely N-dealkylation sites (N-methyl/N-ethyl adjacent to an activating group) is 1. The van der Waals surface area contributed by atoms with Gasteiger partial charge in [-0.25, -0.2) is 4.57 Å². The molecular formula is C57H118N2O6P+. The third-order valence-electron chi connectivity index (χ3n) is 13.9. The molecule has 66 heavy (non-hydrogen) atoms. The van der Waals surface area contributed by atoms with Gasteiger partial charge in [-0.15, -0.1) is 0 Å². The van der Waals surface area contributed by atoms with Crippen molar-refractivity contribution in [2.24, 2.45) is 0 Å². The number of quaternary nitrogens is 1. The molecule has 0 aliphatic rings. The van der Waals surface area contributed by atoms with Crippen LogP contribution >= 0.6 is 7.82 Å². The van der Waals surface area contributed by atoms with Gasteiger partial charge < -0.3 is 19.8 Å². The maximum Gasteiger partial charge on any atom is 0.472 e. The fourth-order valence-corrected chi connectivity index (χ4v) is 9.96. The number of phosphoric acid groups is 1. The normalized spacial score (nSPS) is 13.9. The van der Waals surface area contributed by atoms with Gasteiger partial charge in [-0.05, 0) is 12.8 Å². The van der Waals surface area contributed by atoms with Gasteiger partial charge in [0.25, 0.3) is 0 Å². The van der Waals surface area contributed by atoms with Crippen molar-refractivity contribution in [1.82, 2.24) is 5.32 Å². The lowest BCUT2D eigenvalue weighted by molar-refractivity contribution is -0.870. The fourth-order valence-electron chi connectivity index (χ4n) is 9.23. The molecule has 1 amide bonds. The molecule has 0 aliphatic heterocycles. The molecule has 3 atom stereocenters. The van der Waals surface area contributed by atoms with E-state index < -0.39 is 20.0 Å². The van der Waals surface area contributed by atoms with E-state index in [4.69, 9.17) is 9.05 Å². The third-order valence-corrected chi connectivity index (χ3v) is 14.8. The molecule has 9 heteroatoms. The van der Waals surface area contributed by atoms with E-state index in [0.29, 0.717) is 23.9 Å². The number of unbranched alkanes of at least 4 members (excludes halogenated alkanes) is 42. The summed E-state index contributed by atoms with van der Waals surface area (Å²) in [6, 6.07) is -0.755. The van der Waals surface area contributed by atoms with Crippen molar-refractivity contribution in [2.45, 2.75) is 321 Å². The van der Waals surface area contributed by atoms with Gasteiger partial charge in [0.15, 0.2) is 0 Å². The van der Waals surface area contributed by atoms with Crippen molar-refractivity contribution in [3.05, 3.63) is 0 Å². The molecule has 0 heterocycles. The molecule has 0 aromatic heterocycles. The van der Waals surface area contributed by atoms with E-state index in [1.165, 1.54) is 244 Å². The SMILES string of the molecule is CCCCCCCCCCCCCCCCCCCCCCCCCCCCCC(=O)NC(COP(=O)(O)OCC[N+](C)(C)C)C(O)CCCCCCCCCCCCCCCCCCC. The lowest BCUT2D eigenvalue weighted by atomic mass is 10.0. The summed E-state index contributed by atoms with van der Waals surface area (Å²) in [5.74, 6) is -0.136. The van der Waals surface area contributed by atoms with Crippen molar-refractivity contribution in [3.63, 3.8) is 0 Å². The average Bonchev–Trinajstić information content (AvgIpc) is 3.28. The molecule has 0 aliphatic carbocycles. The number of carbonyl (C=O) groups is 1. The van der Waals surface area contributed by atoms with Crippen molar-refractivity contribution in [1.29, 1.82) is 0 Å². The quantitative estimate of drug-likeness (QED) is 0.0319. The van der Waals surface area contributed by atoms with Crippen LogP contribution in [-0.2, 0) is 18.4 Å². The zero-order valence-electron chi connectivity index (χ0n) is 45.2. The van der Waals surface area contributed by atoms with E-state index in [-0.39, 0.29) is 19.1 Å². The largest absolute Gasteiger partial charge is 0.472 e. The van der Waals surface area contributed by atoms with Crippen LogP contribution in [-0.4, -0.2) is 73.4 Å². The Morgan fingerprint density at radius 1 is 0.455 bits per heavy atom. The number of rotatable bonds is 55. The second kappa shape index (κ2) is 49.5. The number of nitrogens with zero attached hydrogens (tertiary/aromatic N) is 1. The molecule has 0 bridgehead atoms. The Bertz CT molecular complexity index is 1040. The van der Waals surface area contributed by atoms with Gasteiger partial charge in [-0.1, -0.05) is 290 Å². The lowest BCUT2D eigenvalue weighted by Gasteiger charge is -2.26. The summed E-state index contributed by atoms with van der Waals surface area (Å²) in [7, 11) is 1.64. The zero-order chi connectivity index (χ0) is 48.5. The number of hydrogen-bond acceptors (Lipinski definition) is 5. The van der Waals surface area contributed by atoms with Gasteiger partial charge in [0.1, 0.15) is 13.2 Å². The third kappa shape index (κ3) is 51.4. The highest BCUT2D eigenvalue weighted by Gasteiger charge is 2.28. The Morgan fingerprint density at radius 2 is 0.727 bits per heavy atom. The minimum Gasteiger partial charge on any atom is -0.391 e. The van der Waals surface area contributed by atoms with E-state index in [1.54, 1.807) is 0 Å². The van der Waals surface area contributed by atoms with Crippen LogP contribution in [0.3, 0.4) is 0 Å². The Kier molecular flexibility index (Phi) is 49.1. The molecule has 0 fully saturated rings. The van der Waals surface area contributed by atoms with Crippen LogP contribution in [0.1, 0.15) is 309 Å². The van der Waals surface area contributed by atoms with Gasteiger partial charge in [0, 0.05) is 6.42 Å². The van der Waals surface area contributed by atoms with Crippen molar-refractivity contribution in [2.75, 3.05) is 40.9 Å². The Labute approximate surface area is 412 Å². The number of amides is 1. The molecule has 3 N–H and O–H groups in total.